The maximum Gasteiger partial charge on any atom is 0.339 e. The molecule has 2 heterocycles. The number of phenols is 1. The van der Waals surface area contributed by atoms with Crippen LogP contribution in [0.15, 0.2) is 42.5 Å². The van der Waals surface area contributed by atoms with Crippen LogP contribution >= 0.6 is 11.6 Å². The number of fused-ring (bicyclic) bond motifs is 3. The molecular formula is C16H14ClN6O2+. The third-order valence-corrected chi connectivity index (χ3v) is 3.73. The molecule has 0 bridgehead atoms. The molecule has 9 heteroatoms. The van der Waals surface area contributed by atoms with E-state index in [1.165, 1.54) is 36.4 Å². The quantitative estimate of drug-likeness (QED) is 0.418. The summed E-state index contributed by atoms with van der Waals surface area (Å²) >= 11 is 6.03. The van der Waals surface area contributed by atoms with E-state index in [2.05, 4.69) is 15.4 Å². The number of phenolic OH excluding ortho intramolecular Hbond substituents is 1. The minimum atomic E-state index is -2.83. The first-order valence-electron chi connectivity index (χ1n) is 9.93. The van der Waals surface area contributed by atoms with E-state index < -0.39 is 18.3 Å². The summed E-state index contributed by atoms with van der Waals surface area (Å²) in [6, 6.07) is 8.20. The van der Waals surface area contributed by atoms with E-state index in [0.717, 1.165) is 9.99 Å². The Bertz CT molecular complexity index is 1160. The third kappa shape index (κ3) is 2.99. The zero-order valence-corrected chi connectivity index (χ0v) is 13.3. The second-order valence-corrected chi connectivity index (χ2v) is 5.61. The van der Waals surface area contributed by atoms with Gasteiger partial charge in [-0.3, -0.25) is 4.79 Å². The molecule has 0 spiro atoms. The second kappa shape index (κ2) is 6.06. The molecule has 25 heavy (non-hydrogen) atoms. The number of carbonyl (C=O) groups excluding carboxylic acids is 1. The van der Waals surface area contributed by atoms with Gasteiger partial charge in [0.1, 0.15) is 11.8 Å². The topological polar surface area (TPSA) is 107 Å². The molecule has 8 nitrogen and oxygen atoms in total. The summed E-state index contributed by atoms with van der Waals surface area (Å²) in [6.45, 7) is 0. The van der Waals surface area contributed by atoms with Crippen molar-refractivity contribution in [3.05, 3.63) is 53.3 Å². The van der Waals surface area contributed by atoms with E-state index in [1.807, 2.05) is 0 Å². The Morgan fingerprint density at radius 2 is 2.32 bits per heavy atom. The highest BCUT2D eigenvalue weighted by molar-refractivity contribution is 6.30. The number of hydrogen-bond acceptors (Lipinski definition) is 5. The van der Waals surface area contributed by atoms with Crippen molar-refractivity contribution in [2.45, 2.75) is 12.4 Å². The highest BCUT2D eigenvalue weighted by Gasteiger charge is 2.35. The molecule has 1 aliphatic heterocycles. The van der Waals surface area contributed by atoms with Gasteiger partial charge in [0.05, 0.1) is 22.4 Å². The Labute approximate surface area is 156 Å². The number of halogens is 1. The Kier molecular flexibility index (Phi) is 2.42. The lowest BCUT2D eigenvalue weighted by Crippen LogP contribution is -2.44. The highest BCUT2D eigenvalue weighted by atomic mass is 35.5. The van der Waals surface area contributed by atoms with Gasteiger partial charge in [0.2, 0.25) is 5.91 Å². The fourth-order valence-corrected chi connectivity index (χ4v) is 2.56. The predicted octanol–water partition coefficient (Wildman–Crippen LogP) is 1.94. The Balaban J connectivity index is 1.76. The Morgan fingerprint density at radius 3 is 3.12 bits per heavy atom. The Hall–Kier alpha value is -3.13. The fourth-order valence-electron chi connectivity index (χ4n) is 2.40. The highest BCUT2D eigenvalue weighted by Crippen LogP contribution is 2.30. The van der Waals surface area contributed by atoms with E-state index >= 15 is 0 Å². The van der Waals surface area contributed by atoms with Gasteiger partial charge in [0.25, 0.3) is 1.43 Å². The normalized spacial score (nSPS) is 19.2. The minimum absolute atomic E-state index is 0.0301. The minimum Gasteiger partial charge on any atom is -0.508 e. The molecule has 0 saturated carbocycles. The smallest absolute Gasteiger partial charge is 0.339 e. The number of tetrazole rings is 1. The van der Waals surface area contributed by atoms with Crippen LogP contribution in [0, 0.1) is 0 Å². The van der Waals surface area contributed by atoms with Gasteiger partial charge in [-0.25, -0.2) is 0 Å². The number of anilines is 2. The number of H-pyrrole nitrogens is 1. The van der Waals surface area contributed by atoms with Crippen LogP contribution in [0.5, 0.6) is 5.75 Å². The summed E-state index contributed by atoms with van der Waals surface area (Å²) in [5, 5.41) is 13.8. The average molecular weight is 364 g/mol. The van der Waals surface area contributed by atoms with Crippen molar-refractivity contribution in [2.75, 3.05) is 10.6 Å². The number of aromatic hydroxyl groups is 1. The first kappa shape index (κ1) is 10.00. The first-order chi connectivity index (χ1) is 14.6. The summed E-state index contributed by atoms with van der Waals surface area (Å²) in [5.74, 6) is -1.26. The van der Waals surface area contributed by atoms with Gasteiger partial charge in [-0.15, -0.1) is 0 Å². The van der Waals surface area contributed by atoms with Gasteiger partial charge in [-0.05, 0) is 47.7 Å². The van der Waals surface area contributed by atoms with Crippen LogP contribution in [-0.2, 0) is 4.79 Å². The zero-order valence-electron chi connectivity index (χ0n) is 18.5. The largest absolute Gasteiger partial charge is 0.508 e. The molecular weight excluding hydrogens is 344 g/mol. The molecule has 3 aromatic rings. The summed E-state index contributed by atoms with van der Waals surface area (Å²) < 4.78 is 49.3. The summed E-state index contributed by atoms with van der Waals surface area (Å²) in [6.07, 6.45) is -2.83. The number of amides is 1. The molecule has 1 atom stereocenters. The molecule has 1 aliphatic rings. The van der Waals surface area contributed by atoms with E-state index in [4.69, 9.17) is 20.0 Å². The van der Waals surface area contributed by atoms with Crippen LogP contribution in [-0.4, -0.2) is 28.0 Å². The SMILES string of the molecule is [2H]Oc1ccc(N([2H])C(=O)C([2H])([2H])C2c3nn([2H])n[n+]3-c3ccc(Cl)cc3N2[2H])cc1. The van der Waals surface area contributed by atoms with Gasteiger partial charge in [-0.2, -0.15) is 0 Å². The van der Waals surface area contributed by atoms with Gasteiger partial charge >= 0.3 is 7.24 Å². The van der Waals surface area contributed by atoms with Gasteiger partial charge in [0, 0.05) is 13.5 Å². The van der Waals surface area contributed by atoms with Crippen molar-refractivity contribution in [3.8, 4) is 11.4 Å². The molecule has 1 unspecified atom stereocenters. The first-order valence-corrected chi connectivity index (χ1v) is 7.56. The van der Waals surface area contributed by atoms with Crippen molar-refractivity contribution in [3.63, 3.8) is 0 Å². The molecule has 4 N–H and O–H groups in total. The molecule has 0 aliphatic carbocycles. The number of nitrogens with one attached hydrogen (secondary N) is 3. The summed E-state index contributed by atoms with van der Waals surface area (Å²) in [4.78, 5) is 13.0. The lowest BCUT2D eigenvalue weighted by molar-refractivity contribution is -0.670. The average Bonchev–Trinajstić information content (AvgIpc) is 3.13. The molecule has 0 saturated heterocycles. The molecule has 1 aromatic heterocycles. The van der Waals surface area contributed by atoms with Crippen LogP contribution in [0.25, 0.3) is 5.69 Å². The monoisotopic (exact) mass is 363 g/mol. The number of hydrogen-bond donors (Lipinski definition) is 4. The Morgan fingerprint density at radius 1 is 1.48 bits per heavy atom. The standard InChI is InChI=1S/C16H13ClN6O2/c17-9-1-6-14-12(7-9)19-13(16-20-21-22-23(14)16)8-15(25)18-10-2-4-11(24)5-3-10/h1-7,13,19H,8H2,(H2,18,21,22,24,25)/p+1/i8D2/hD4. The van der Waals surface area contributed by atoms with Crippen LogP contribution in [0.3, 0.4) is 0 Å². The number of aromatic amines is 1. The lowest BCUT2D eigenvalue weighted by atomic mass is 10.1. The molecule has 1 amide bonds. The van der Waals surface area contributed by atoms with Crippen molar-refractivity contribution in [1.29, 1.82) is 1.43 Å². The summed E-state index contributed by atoms with van der Waals surface area (Å²) in [5.41, 5.74) is 0.518. The second-order valence-electron chi connectivity index (χ2n) is 5.17. The van der Waals surface area contributed by atoms with Gasteiger partial charge < -0.3 is 15.7 Å². The van der Waals surface area contributed by atoms with Crippen LogP contribution in [0.4, 0.5) is 11.4 Å². The molecule has 0 radical (unpaired) electrons. The van der Waals surface area contributed by atoms with E-state index in [-0.39, 0.29) is 28.0 Å². The molecule has 126 valence electrons. The van der Waals surface area contributed by atoms with E-state index in [1.54, 1.807) is 6.07 Å². The predicted molar refractivity (Wildman–Crippen MR) is 90.6 cm³/mol. The molecule has 4 rings (SSSR count). The van der Waals surface area contributed by atoms with Crippen LogP contribution in [0.2, 0.25) is 9.26 Å². The maximum atomic E-state index is 13.0. The number of aromatic nitrogens is 4. The van der Waals surface area contributed by atoms with E-state index in [0.29, 0.717) is 16.2 Å². The number of nitrogens with zero attached hydrogens (tertiary/aromatic N) is 3. The van der Waals surface area contributed by atoms with Gasteiger partial charge in [-0.1, -0.05) is 16.3 Å². The zero-order chi connectivity index (χ0) is 22.5. The number of benzene rings is 2. The maximum absolute atomic E-state index is 13.0. The number of carbonyl (C=O) groups is 1. The lowest BCUT2D eigenvalue weighted by Gasteiger charge is -2.21. The van der Waals surface area contributed by atoms with Crippen molar-refractivity contribution < 1.29 is 21.6 Å². The van der Waals surface area contributed by atoms with Crippen molar-refractivity contribution >= 4 is 28.9 Å². The van der Waals surface area contributed by atoms with Gasteiger partial charge in [0.15, 0.2) is 8.51 Å². The van der Waals surface area contributed by atoms with Crippen LogP contribution in [0.1, 0.15) is 21.0 Å². The molecule has 0 fully saturated rings. The summed E-state index contributed by atoms with van der Waals surface area (Å²) in [7, 11) is 0. The van der Waals surface area contributed by atoms with Crippen molar-refractivity contribution in [1.82, 2.24) is 15.5 Å². The van der Waals surface area contributed by atoms with Crippen molar-refractivity contribution in [2.24, 2.45) is 0 Å². The van der Waals surface area contributed by atoms with E-state index in [9.17, 15) is 4.79 Å². The number of rotatable bonds is 4. The molecule has 2 aromatic carbocycles. The third-order valence-electron chi connectivity index (χ3n) is 3.50. The van der Waals surface area contributed by atoms with Crippen LogP contribution < -0.4 is 15.3 Å². The fraction of sp³-hybridized carbons (Fsp3) is 0.125.